The Balaban J connectivity index is 2.20. The van der Waals surface area contributed by atoms with Crippen LogP contribution in [0.5, 0.6) is 0 Å². The van der Waals surface area contributed by atoms with Crippen molar-refractivity contribution in [2.24, 2.45) is 5.73 Å². The summed E-state index contributed by atoms with van der Waals surface area (Å²) < 4.78 is 4.99. The number of rotatable bonds is 2. The number of carbonyl (C=O) groups excluding carboxylic acids is 1. The molecule has 12 heavy (non-hydrogen) atoms. The number of carbonyl (C=O) groups is 1. The zero-order chi connectivity index (χ0) is 8.60. The van der Waals surface area contributed by atoms with Crippen molar-refractivity contribution in [3.05, 3.63) is 24.2 Å². The number of ketones is 1. The van der Waals surface area contributed by atoms with Gasteiger partial charge in [0.15, 0.2) is 5.76 Å². The minimum Gasteiger partial charge on any atom is -0.461 e. The lowest BCUT2D eigenvalue weighted by Gasteiger charge is -2.35. The first-order chi connectivity index (χ1) is 5.72. The van der Waals surface area contributed by atoms with E-state index in [-0.39, 0.29) is 5.78 Å². The summed E-state index contributed by atoms with van der Waals surface area (Å²) in [4.78, 5) is 11.6. The SMILES string of the molecule is NC1(C(=O)c2ccco2)CCC1. The van der Waals surface area contributed by atoms with Gasteiger partial charge in [-0.3, -0.25) is 4.79 Å². The van der Waals surface area contributed by atoms with Gasteiger partial charge in [0.1, 0.15) is 0 Å². The van der Waals surface area contributed by atoms with Gasteiger partial charge in [0.2, 0.25) is 5.78 Å². The van der Waals surface area contributed by atoms with Gasteiger partial charge in [0.25, 0.3) is 0 Å². The van der Waals surface area contributed by atoms with Crippen molar-refractivity contribution in [1.29, 1.82) is 0 Å². The summed E-state index contributed by atoms with van der Waals surface area (Å²) in [7, 11) is 0. The molecule has 1 fully saturated rings. The molecule has 0 aliphatic heterocycles. The van der Waals surface area contributed by atoms with Crippen molar-refractivity contribution in [3.8, 4) is 0 Å². The predicted molar refractivity (Wildman–Crippen MR) is 43.8 cm³/mol. The predicted octanol–water partition coefficient (Wildman–Crippen LogP) is 1.34. The maximum atomic E-state index is 11.6. The van der Waals surface area contributed by atoms with Crippen LogP contribution in [0.1, 0.15) is 29.8 Å². The van der Waals surface area contributed by atoms with Gasteiger partial charge in [-0.05, 0) is 31.4 Å². The Kier molecular flexibility index (Phi) is 1.54. The minimum absolute atomic E-state index is 0.0567. The lowest BCUT2D eigenvalue weighted by atomic mass is 9.74. The molecule has 0 aromatic carbocycles. The van der Waals surface area contributed by atoms with Gasteiger partial charge in [0, 0.05) is 0 Å². The molecule has 64 valence electrons. The second-order valence-corrected chi connectivity index (χ2v) is 3.32. The molecule has 0 radical (unpaired) electrons. The molecule has 3 heteroatoms. The largest absolute Gasteiger partial charge is 0.461 e. The van der Waals surface area contributed by atoms with Crippen molar-refractivity contribution in [3.63, 3.8) is 0 Å². The van der Waals surface area contributed by atoms with E-state index in [0.29, 0.717) is 5.76 Å². The summed E-state index contributed by atoms with van der Waals surface area (Å²) in [6.07, 6.45) is 4.11. The molecule has 0 bridgehead atoms. The van der Waals surface area contributed by atoms with Crippen molar-refractivity contribution in [1.82, 2.24) is 0 Å². The molecule has 0 atom stereocenters. The lowest BCUT2D eigenvalue weighted by Crippen LogP contribution is -2.53. The molecule has 1 aliphatic rings. The third kappa shape index (κ3) is 0.975. The fourth-order valence-corrected chi connectivity index (χ4v) is 1.44. The summed E-state index contributed by atoms with van der Waals surface area (Å²) in [5, 5.41) is 0. The van der Waals surface area contributed by atoms with Gasteiger partial charge in [-0.1, -0.05) is 0 Å². The van der Waals surface area contributed by atoms with Crippen LogP contribution < -0.4 is 5.73 Å². The quantitative estimate of drug-likeness (QED) is 0.673. The van der Waals surface area contributed by atoms with Crippen LogP contribution in [0.3, 0.4) is 0 Å². The average molecular weight is 165 g/mol. The molecule has 1 saturated carbocycles. The van der Waals surface area contributed by atoms with E-state index >= 15 is 0 Å². The molecule has 0 amide bonds. The monoisotopic (exact) mass is 165 g/mol. The molecule has 1 aromatic rings. The molecule has 0 spiro atoms. The van der Waals surface area contributed by atoms with Crippen LogP contribution in [-0.4, -0.2) is 11.3 Å². The molecular weight excluding hydrogens is 154 g/mol. The topological polar surface area (TPSA) is 56.2 Å². The van der Waals surface area contributed by atoms with Gasteiger partial charge < -0.3 is 10.2 Å². The highest BCUT2D eigenvalue weighted by Gasteiger charge is 2.41. The van der Waals surface area contributed by atoms with Crippen molar-refractivity contribution in [2.45, 2.75) is 24.8 Å². The lowest BCUT2D eigenvalue weighted by molar-refractivity contribution is 0.0770. The summed E-state index contributed by atoms with van der Waals surface area (Å²) in [6.45, 7) is 0. The number of hydrogen-bond acceptors (Lipinski definition) is 3. The van der Waals surface area contributed by atoms with Gasteiger partial charge in [-0.15, -0.1) is 0 Å². The number of furan rings is 1. The molecule has 2 N–H and O–H groups in total. The highest BCUT2D eigenvalue weighted by Crippen LogP contribution is 2.32. The van der Waals surface area contributed by atoms with E-state index in [0.717, 1.165) is 19.3 Å². The van der Waals surface area contributed by atoms with E-state index in [1.54, 1.807) is 12.1 Å². The van der Waals surface area contributed by atoms with E-state index in [2.05, 4.69) is 0 Å². The minimum atomic E-state index is -0.627. The average Bonchev–Trinajstić information content (AvgIpc) is 2.50. The molecule has 0 unspecified atom stereocenters. The van der Waals surface area contributed by atoms with E-state index in [1.807, 2.05) is 0 Å². The van der Waals surface area contributed by atoms with Crippen molar-refractivity contribution >= 4 is 5.78 Å². The molecule has 1 aromatic heterocycles. The maximum absolute atomic E-state index is 11.6. The summed E-state index contributed by atoms with van der Waals surface area (Å²) in [5.41, 5.74) is 5.20. The molecule has 0 saturated heterocycles. The Morgan fingerprint density at radius 1 is 1.58 bits per heavy atom. The van der Waals surface area contributed by atoms with E-state index in [9.17, 15) is 4.79 Å². The molecule has 1 heterocycles. The van der Waals surface area contributed by atoms with Gasteiger partial charge in [0.05, 0.1) is 11.8 Å². The van der Waals surface area contributed by atoms with Crippen LogP contribution >= 0.6 is 0 Å². The molecule has 2 rings (SSSR count). The summed E-state index contributed by atoms with van der Waals surface area (Å²) >= 11 is 0. The van der Waals surface area contributed by atoms with Gasteiger partial charge >= 0.3 is 0 Å². The second-order valence-electron chi connectivity index (χ2n) is 3.32. The molecular formula is C9H11NO2. The zero-order valence-electron chi connectivity index (χ0n) is 6.75. The first-order valence-corrected chi connectivity index (χ1v) is 4.10. The van der Waals surface area contributed by atoms with Crippen LogP contribution in [0.15, 0.2) is 22.8 Å². The Morgan fingerprint density at radius 2 is 2.33 bits per heavy atom. The molecule has 1 aliphatic carbocycles. The highest BCUT2D eigenvalue weighted by atomic mass is 16.3. The third-order valence-electron chi connectivity index (χ3n) is 2.44. The normalized spacial score (nSPS) is 20.1. The second kappa shape index (κ2) is 2.45. The standard InChI is InChI=1S/C9H11NO2/c10-9(4-2-5-9)8(11)7-3-1-6-12-7/h1,3,6H,2,4-5,10H2. The Bertz CT molecular complexity index is 285. The first-order valence-electron chi connectivity index (χ1n) is 4.10. The molecule has 3 nitrogen and oxygen atoms in total. The zero-order valence-corrected chi connectivity index (χ0v) is 6.75. The summed E-state index contributed by atoms with van der Waals surface area (Å²) in [6, 6.07) is 3.37. The Morgan fingerprint density at radius 3 is 2.75 bits per heavy atom. The van der Waals surface area contributed by atoms with Crippen molar-refractivity contribution < 1.29 is 9.21 Å². The van der Waals surface area contributed by atoms with Crippen LogP contribution in [-0.2, 0) is 0 Å². The van der Waals surface area contributed by atoms with Crippen molar-refractivity contribution in [2.75, 3.05) is 0 Å². The fraction of sp³-hybridized carbons (Fsp3) is 0.444. The maximum Gasteiger partial charge on any atom is 0.217 e. The van der Waals surface area contributed by atoms with Crippen LogP contribution in [0, 0.1) is 0 Å². The van der Waals surface area contributed by atoms with E-state index in [4.69, 9.17) is 10.2 Å². The first kappa shape index (κ1) is 7.55. The Labute approximate surface area is 70.5 Å². The van der Waals surface area contributed by atoms with Crippen LogP contribution in [0.4, 0.5) is 0 Å². The van der Waals surface area contributed by atoms with Crippen LogP contribution in [0.2, 0.25) is 0 Å². The smallest absolute Gasteiger partial charge is 0.217 e. The van der Waals surface area contributed by atoms with E-state index in [1.165, 1.54) is 6.26 Å². The number of hydrogen-bond donors (Lipinski definition) is 1. The number of Topliss-reactive ketones (excluding diaryl/α,β-unsaturated/α-hetero) is 1. The fourth-order valence-electron chi connectivity index (χ4n) is 1.44. The summed E-state index contributed by atoms with van der Waals surface area (Å²) in [5.74, 6) is 0.330. The van der Waals surface area contributed by atoms with Gasteiger partial charge in [-0.25, -0.2) is 0 Å². The third-order valence-corrected chi connectivity index (χ3v) is 2.44. The van der Waals surface area contributed by atoms with Crippen LogP contribution in [0.25, 0.3) is 0 Å². The highest BCUT2D eigenvalue weighted by molar-refractivity contribution is 6.01. The number of nitrogens with two attached hydrogens (primary N) is 1. The Hall–Kier alpha value is -1.09. The van der Waals surface area contributed by atoms with E-state index < -0.39 is 5.54 Å². The van der Waals surface area contributed by atoms with Gasteiger partial charge in [-0.2, -0.15) is 0 Å².